The fraction of sp³-hybridized carbons (Fsp3) is 0.400. The zero-order chi connectivity index (χ0) is 13.1. The molecule has 2 aromatic rings. The van der Waals surface area contributed by atoms with Crippen LogP contribution < -0.4 is 0 Å². The number of aliphatic hydroxyl groups excluding tert-OH is 1. The number of aryl methyl sites for hydroxylation is 3. The summed E-state index contributed by atoms with van der Waals surface area (Å²) < 4.78 is 2.02. The largest absolute Gasteiger partial charge is 0.380 e. The van der Waals surface area contributed by atoms with Crippen LogP contribution in [0, 0.1) is 13.8 Å². The van der Waals surface area contributed by atoms with E-state index in [4.69, 9.17) is 0 Å². The third-order valence-electron chi connectivity index (χ3n) is 3.27. The number of imidazole rings is 1. The lowest BCUT2D eigenvalue weighted by Crippen LogP contribution is -2.12. The zero-order valence-electron chi connectivity index (χ0n) is 11.2. The summed E-state index contributed by atoms with van der Waals surface area (Å²) in [5.74, 6) is 0.731. The molecule has 0 amide bonds. The lowest BCUT2D eigenvalue weighted by atomic mass is 9.97. The Balaban J connectivity index is 2.41. The highest BCUT2D eigenvalue weighted by molar-refractivity contribution is 5.38. The molecule has 1 N–H and O–H groups in total. The summed E-state index contributed by atoms with van der Waals surface area (Å²) in [7, 11) is 0. The molecule has 0 spiro atoms. The van der Waals surface area contributed by atoms with E-state index in [9.17, 15) is 5.11 Å². The van der Waals surface area contributed by atoms with Gasteiger partial charge in [0.1, 0.15) is 11.9 Å². The van der Waals surface area contributed by atoms with Gasteiger partial charge in [0, 0.05) is 18.9 Å². The van der Waals surface area contributed by atoms with E-state index in [1.54, 1.807) is 6.20 Å². The van der Waals surface area contributed by atoms with Gasteiger partial charge < -0.3 is 9.67 Å². The second-order valence-electron chi connectivity index (χ2n) is 4.69. The monoisotopic (exact) mass is 244 g/mol. The summed E-state index contributed by atoms with van der Waals surface area (Å²) in [4.78, 5) is 4.31. The molecule has 0 saturated heterocycles. The van der Waals surface area contributed by atoms with Crippen molar-refractivity contribution in [3.8, 4) is 0 Å². The van der Waals surface area contributed by atoms with Gasteiger partial charge in [0.15, 0.2) is 0 Å². The summed E-state index contributed by atoms with van der Waals surface area (Å²) in [6.07, 6.45) is 4.06. The average molecular weight is 244 g/mol. The fourth-order valence-corrected chi connectivity index (χ4v) is 2.39. The average Bonchev–Trinajstić information content (AvgIpc) is 2.77. The standard InChI is InChI=1S/C15H20N2O/c1-4-9-17-10-8-16-15(17)14(18)13-11(2)6-5-7-12(13)3/h5-8,10,14,18H,4,9H2,1-3H3. The van der Waals surface area contributed by atoms with Crippen LogP contribution in [0.1, 0.15) is 42.0 Å². The molecular weight excluding hydrogens is 224 g/mol. The number of benzene rings is 1. The molecule has 1 aromatic carbocycles. The van der Waals surface area contributed by atoms with Gasteiger partial charge in [0.25, 0.3) is 0 Å². The summed E-state index contributed by atoms with van der Waals surface area (Å²) >= 11 is 0. The van der Waals surface area contributed by atoms with Crippen LogP contribution in [-0.4, -0.2) is 14.7 Å². The minimum Gasteiger partial charge on any atom is -0.380 e. The maximum atomic E-state index is 10.6. The van der Waals surface area contributed by atoms with Crippen molar-refractivity contribution in [3.63, 3.8) is 0 Å². The van der Waals surface area contributed by atoms with Crippen molar-refractivity contribution >= 4 is 0 Å². The molecule has 1 atom stereocenters. The molecule has 1 heterocycles. The van der Waals surface area contributed by atoms with E-state index in [0.29, 0.717) is 0 Å². The van der Waals surface area contributed by atoms with E-state index < -0.39 is 6.10 Å². The smallest absolute Gasteiger partial charge is 0.142 e. The van der Waals surface area contributed by atoms with Crippen LogP contribution >= 0.6 is 0 Å². The van der Waals surface area contributed by atoms with Crippen LogP contribution in [0.5, 0.6) is 0 Å². The first-order chi connectivity index (χ1) is 8.65. The first kappa shape index (κ1) is 12.8. The second kappa shape index (κ2) is 5.36. The Labute approximate surface area is 108 Å². The Kier molecular flexibility index (Phi) is 3.82. The van der Waals surface area contributed by atoms with E-state index in [1.807, 2.05) is 42.8 Å². The van der Waals surface area contributed by atoms with Crippen molar-refractivity contribution in [3.05, 3.63) is 53.1 Å². The van der Waals surface area contributed by atoms with Gasteiger partial charge in [-0.2, -0.15) is 0 Å². The molecule has 0 bridgehead atoms. The maximum Gasteiger partial charge on any atom is 0.142 e. The van der Waals surface area contributed by atoms with Crippen LogP contribution in [0.4, 0.5) is 0 Å². The molecule has 1 aromatic heterocycles. The zero-order valence-corrected chi connectivity index (χ0v) is 11.2. The molecule has 0 aliphatic carbocycles. The summed E-state index contributed by atoms with van der Waals surface area (Å²) in [6.45, 7) is 7.06. The molecule has 0 radical (unpaired) electrons. The summed E-state index contributed by atoms with van der Waals surface area (Å²) in [6, 6.07) is 6.07. The predicted octanol–water partition coefficient (Wildman–Crippen LogP) is 2.99. The lowest BCUT2D eigenvalue weighted by molar-refractivity contribution is 0.203. The maximum absolute atomic E-state index is 10.6. The van der Waals surface area contributed by atoms with Gasteiger partial charge in [-0.3, -0.25) is 0 Å². The molecule has 3 nitrogen and oxygen atoms in total. The van der Waals surface area contributed by atoms with Crippen molar-refractivity contribution in [2.75, 3.05) is 0 Å². The number of aliphatic hydroxyl groups is 1. The lowest BCUT2D eigenvalue weighted by Gasteiger charge is -2.17. The second-order valence-corrected chi connectivity index (χ2v) is 4.69. The highest BCUT2D eigenvalue weighted by Gasteiger charge is 2.19. The number of hydrogen-bond acceptors (Lipinski definition) is 2. The third-order valence-corrected chi connectivity index (χ3v) is 3.27. The first-order valence-electron chi connectivity index (χ1n) is 6.40. The Hall–Kier alpha value is -1.61. The Morgan fingerprint density at radius 1 is 1.28 bits per heavy atom. The van der Waals surface area contributed by atoms with Gasteiger partial charge in [-0.25, -0.2) is 4.98 Å². The molecule has 1 unspecified atom stereocenters. The van der Waals surface area contributed by atoms with Gasteiger partial charge in [0.05, 0.1) is 0 Å². The van der Waals surface area contributed by atoms with E-state index in [0.717, 1.165) is 35.5 Å². The van der Waals surface area contributed by atoms with E-state index in [1.165, 1.54) is 0 Å². The molecule has 2 rings (SSSR count). The van der Waals surface area contributed by atoms with Crippen molar-refractivity contribution in [1.29, 1.82) is 0 Å². The van der Waals surface area contributed by atoms with E-state index in [2.05, 4.69) is 11.9 Å². The van der Waals surface area contributed by atoms with Crippen molar-refractivity contribution < 1.29 is 5.11 Å². The minimum atomic E-state index is -0.646. The van der Waals surface area contributed by atoms with Crippen LogP contribution in [0.3, 0.4) is 0 Å². The topological polar surface area (TPSA) is 38.0 Å². The van der Waals surface area contributed by atoms with Gasteiger partial charge >= 0.3 is 0 Å². The molecule has 0 aliphatic rings. The third kappa shape index (κ3) is 2.31. The van der Waals surface area contributed by atoms with Crippen LogP contribution in [0.2, 0.25) is 0 Å². The summed E-state index contributed by atoms with van der Waals surface area (Å²) in [5, 5.41) is 10.6. The molecule has 0 aliphatic heterocycles. The molecule has 3 heteroatoms. The number of hydrogen-bond donors (Lipinski definition) is 1. The Morgan fingerprint density at radius 2 is 1.94 bits per heavy atom. The van der Waals surface area contributed by atoms with Gasteiger partial charge in [0.2, 0.25) is 0 Å². The van der Waals surface area contributed by atoms with Gasteiger partial charge in [-0.15, -0.1) is 0 Å². The predicted molar refractivity (Wildman–Crippen MR) is 72.5 cm³/mol. The van der Waals surface area contributed by atoms with Gasteiger partial charge in [-0.1, -0.05) is 25.1 Å². The Morgan fingerprint density at radius 3 is 2.56 bits per heavy atom. The van der Waals surface area contributed by atoms with Crippen LogP contribution in [0.15, 0.2) is 30.6 Å². The minimum absolute atomic E-state index is 0.646. The molecular formula is C15H20N2O. The fourth-order valence-electron chi connectivity index (χ4n) is 2.39. The number of nitrogens with zero attached hydrogens (tertiary/aromatic N) is 2. The Bertz CT molecular complexity index is 511. The molecule has 18 heavy (non-hydrogen) atoms. The normalized spacial score (nSPS) is 12.7. The highest BCUT2D eigenvalue weighted by Crippen LogP contribution is 2.26. The van der Waals surface area contributed by atoms with Crippen molar-refractivity contribution in [2.45, 2.75) is 39.8 Å². The van der Waals surface area contributed by atoms with Crippen molar-refractivity contribution in [2.24, 2.45) is 0 Å². The summed E-state index contributed by atoms with van der Waals surface area (Å²) in [5.41, 5.74) is 3.18. The number of rotatable bonds is 4. The van der Waals surface area contributed by atoms with Crippen molar-refractivity contribution in [1.82, 2.24) is 9.55 Å². The van der Waals surface area contributed by atoms with Crippen LogP contribution in [-0.2, 0) is 6.54 Å². The SMILES string of the molecule is CCCn1ccnc1C(O)c1c(C)cccc1C. The number of aromatic nitrogens is 2. The first-order valence-corrected chi connectivity index (χ1v) is 6.40. The molecule has 0 fully saturated rings. The highest BCUT2D eigenvalue weighted by atomic mass is 16.3. The quantitative estimate of drug-likeness (QED) is 0.897. The molecule has 96 valence electrons. The van der Waals surface area contributed by atoms with Crippen LogP contribution in [0.25, 0.3) is 0 Å². The molecule has 0 saturated carbocycles. The van der Waals surface area contributed by atoms with E-state index >= 15 is 0 Å². The van der Waals surface area contributed by atoms with Gasteiger partial charge in [-0.05, 0) is 37.0 Å². The van der Waals surface area contributed by atoms with E-state index in [-0.39, 0.29) is 0 Å².